The molecule has 0 aliphatic rings. The Hall–Kier alpha value is -4.18. The molecule has 9 nitrogen and oxygen atoms in total. The average Bonchev–Trinajstić information content (AvgIpc) is 3.26. The van der Waals surface area contributed by atoms with E-state index in [-0.39, 0.29) is 6.61 Å². The minimum atomic E-state index is -0.589. The van der Waals surface area contributed by atoms with Crippen molar-refractivity contribution in [1.82, 2.24) is 15.0 Å². The van der Waals surface area contributed by atoms with Crippen LogP contribution in [0.5, 0.6) is 11.5 Å². The first-order valence-corrected chi connectivity index (χ1v) is 11.6. The number of ether oxygens (including phenoxy) is 2. The second-order valence-corrected chi connectivity index (χ2v) is 8.22. The van der Waals surface area contributed by atoms with E-state index < -0.39 is 12.0 Å². The van der Waals surface area contributed by atoms with Crippen molar-refractivity contribution < 1.29 is 29.7 Å². The summed E-state index contributed by atoms with van der Waals surface area (Å²) in [5.41, 5.74) is 6.08. The van der Waals surface area contributed by atoms with Crippen LogP contribution in [-0.4, -0.2) is 50.7 Å². The fraction of sp³-hybridized carbons (Fsp3) is 0.214. The Morgan fingerprint density at radius 1 is 1.11 bits per heavy atom. The maximum atomic E-state index is 11.2. The van der Waals surface area contributed by atoms with Crippen LogP contribution in [0, 0.1) is 0 Å². The minimum Gasteiger partial charge on any atom is -0.493 e. The number of benzene rings is 3. The molecule has 1 heterocycles. The van der Waals surface area contributed by atoms with Crippen molar-refractivity contribution in [2.45, 2.75) is 19.6 Å². The van der Waals surface area contributed by atoms with Crippen LogP contribution in [0.2, 0.25) is 0 Å². The van der Waals surface area contributed by atoms with Gasteiger partial charge < -0.3 is 24.3 Å². The summed E-state index contributed by atoms with van der Waals surface area (Å²) < 4.78 is 13.5. The second kappa shape index (κ2) is 13.2. The molecule has 37 heavy (non-hydrogen) atoms. The molecule has 9 heteroatoms. The monoisotopic (exact) mass is 505 g/mol. The van der Waals surface area contributed by atoms with E-state index in [2.05, 4.69) is 0 Å². The van der Waals surface area contributed by atoms with E-state index in [1.54, 1.807) is 18.7 Å². The first-order valence-electron chi connectivity index (χ1n) is 11.6. The summed E-state index contributed by atoms with van der Waals surface area (Å²) in [4.78, 5) is 16.0. The lowest BCUT2D eigenvalue weighted by atomic mass is 10.2. The Balaban J connectivity index is 0.000000695. The third-order valence-electron chi connectivity index (χ3n) is 5.37. The van der Waals surface area contributed by atoms with Gasteiger partial charge in [-0.05, 0) is 54.5 Å². The minimum absolute atomic E-state index is 0.139. The highest BCUT2D eigenvalue weighted by atomic mass is 16.5. The van der Waals surface area contributed by atoms with E-state index in [9.17, 15) is 4.79 Å². The van der Waals surface area contributed by atoms with Gasteiger partial charge in [-0.15, -0.1) is 0 Å². The number of fused-ring (bicyclic) bond motifs is 1. The lowest BCUT2D eigenvalue weighted by Gasteiger charge is -2.12. The van der Waals surface area contributed by atoms with Crippen molar-refractivity contribution in [2.24, 2.45) is 7.05 Å². The van der Waals surface area contributed by atoms with Crippen LogP contribution in [-0.2, 0) is 18.4 Å². The Bertz CT molecular complexity index is 1350. The van der Waals surface area contributed by atoms with E-state index in [1.807, 2.05) is 78.3 Å². The van der Waals surface area contributed by atoms with Gasteiger partial charge in [-0.2, -0.15) is 0 Å². The van der Waals surface area contributed by atoms with Gasteiger partial charge in [0.05, 0.1) is 30.9 Å². The van der Waals surface area contributed by atoms with Gasteiger partial charge in [-0.1, -0.05) is 36.4 Å². The number of hydrogen-bond donors (Lipinski definition) is 4. The summed E-state index contributed by atoms with van der Waals surface area (Å²) in [6.45, 7) is 1.84. The Labute approximate surface area is 215 Å². The molecule has 0 aliphatic carbocycles. The molecule has 0 saturated carbocycles. The number of aryl methyl sites for hydroxylation is 1. The highest BCUT2D eigenvalue weighted by Gasteiger charge is 2.14. The number of aromatic nitrogens is 2. The van der Waals surface area contributed by atoms with Gasteiger partial charge in [0, 0.05) is 18.7 Å². The van der Waals surface area contributed by atoms with Crippen LogP contribution in [0.4, 0.5) is 0 Å². The summed E-state index contributed by atoms with van der Waals surface area (Å²) in [6, 6.07) is 21.4. The van der Waals surface area contributed by atoms with Gasteiger partial charge in [-0.25, -0.2) is 10.5 Å². The number of nitrogens with one attached hydrogen (secondary N) is 1. The number of methoxy groups -OCH3 is 1. The zero-order valence-corrected chi connectivity index (χ0v) is 21.0. The maximum Gasteiger partial charge on any atom is 0.267 e. The largest absolute Gasteiger partial charge is 0.493 e. The van der Waals surface area contributed by atoms with Crippen molar-refractivity contribution >= 4 is 23.0 Å². The summed E-state index contributed by atoms with van der Waals surface area (Å²) in [6.07, 6.45) is 2.31. The number of imidazole rings is 1. The highest BCUT2D eigenvalue weighted by Crippen LogP contribution is 2.34. The second-order valence-electron chi connectivity index (χ2n) is 8.22. The Kier molecular flexibility index (Phi) is 9.79. The molecular weight excluding hydrogens is 474 g/mol. The van der Waals surface area contributed by atoms with Crippen molar-refractivity contribution in [3.63, 3.8) is 0 Å². The molecule has 3 aromatic carbocycles. The van der Waals surface area contributed by atoms with Crippen molar-refractivity contribution in [1.29, 1.82) is 0 Å². The molecule has 0 aliphatic heterocycles. The predicted molar refractivity (Wildman–Crippen MR) is 141 cm³/mol. The van der Waals surface area contributed by atoms with Crippen LogP contribution < -0.4 is 15.0 Å². The smallest absolute Gasteiger partial charge is 0.267 e. The van der Waals surface area contributed by atoms with E-state index in [1.165, 1.54) is 13.0 Å². The van der Waals surface area contributed by atoms with Crippen LogP contribution in [0.25, 0.3) is 28.5 Å². The third-order valence-corrected chi connectivity index (χ3v) is 5.37. The molecule has 0 saturated heterocycles. The zero-order chi connectivity index (χ0) is 26.8. The van der Waals surface area contributed by atoms with Crippen molar-refractivity contribution in [3.8, 4) is 22.9 Å². The third kappa shape index (κ3) is 7.40. The molecule has 4 aromatic rings. The fourth-order valence-corrected chi connectivity index (χ4v) is 3.45. The van der Waals surface area contributed by atoms with Gasteiger partial charge in [0.25, 0.3) is 5.91 Å². The molecule has 194 valence electrons. The molecule has 0 bridgehead atoms. The number of nitrogens with zero attached hydrogens (tertiary/aromatic N) is 2. The van der Waals surface area contributed by atoms with Crippen LogP contribution in [0.15, 0.2) is 72.8 Å². The topological polar surface area (TPSA) is 126 Å². The number of hydroxylamine groups is 1. The number of carbonyl (C=O) groups is 1. The number of hydrogen-bond acceptors (Lipinski definition) is 7. The van der Waals surface area contributed by atoms with Crippen molar-refractivity contribution in [3.05, 3.63) is 83.9 Å². The number of carbonyl (C=O) groups excluding carboxylic acids is 1. The first kappa shape index (κ1) is 27.4. The molecule has 1 amide bonds. The molecule has 0 radical (unpaired) electrons. The Morgan fingerprint density at radius 2 is 1.84 bits per heavy atom. The summed E-state index contributed by atoms with van der Waals surface area (Å²) in [5, 5.41) is 24.6. The summed E-state index contributed by atoms with van der Waals surface area (Å²) in [7, 11) is 3.57. The van der Waals surface area contributed by atoms with Gasteiger partial charge in [0.2, 0.25) is 0 Å². The van der Waals surface area contributed by atoms with E-state index in [0.717, 1.165) is 33.5 Å². The predicted octanol–water partition coefficient (Wildman–Crippen LogP) is 3.71. The molecule has 1 unspecified atom stereocenters. The SMILES string of the molecule is CC(O)CO.COc1cc(-c2nc3cc(/C=C/C(=O)NO)ccc3n2C)ccc1OCc1ccccc1. The molecular formula is C28H31N3O6. The van der Waals surface area contributed by atoms with E-state index in [4.69, 9.17) is 29.9 Å². The molecule has 1 atom stereocenters. The summed E-state index contributed by atoms with van der Waals surface area (Å²) in [5.74, 6) is 1.48. The zero-order valence-electron chi connectivity index (χ0n) is 21.0. The Morgan fingerprint density at radius 3 is 2.49 bits per heavy atom. The molecule has 0 fully saturated rings. The summed E-state index contributed by atoms with van der Waals surface area (Å²) >= 11 is 0. The highest BCUT2D eigenvalue weighted by molar-refractivity contribution is 5.92. The quantitative estimate of drug-likeness (QED) is 0.163. The lowest BCUT2D eigenvalue weighted by molar-refractivity contribution is -0.124. The van der Waals surface area contributed by atoms with Crippen LogP contribution >= 0.6 is 0 Å². The van der Waals surface area contributed by atoms with Crippen LogP contribution in [0.3, 0.4) is 0 Å². The first-order chi connectivity index (χ1) is 17.9. The number of aliphatic hydroxyl groups is 2. The normalized spacial score (nSPS) is 11.6. The molecule has 0 spiro atoms. The van der Waals surface area contributed by atoms with Crippen molar-refractivity contribution in [2.75, 3.05) is 13.7 Å². The molecule has 4 N–H and O–H groups in total. The van der Waals surface area contributed by atoms with Gasteiger partial charge in [0.1, 0.15) is 12.4 Å². The average molecular weight is 506 g/mol. The van der Waals surface area contributed by atoms with Crippen LogP contribution in [0.1, 0.15) is 18.1 Å². The number of aliphatic hydroxyl groups excluding tert-OH is 2. The fourth-order valence-electron chi connectivity index (χ4n) is 3.45. The number of rotatable bonds is 8. The lowest BCUT2D eigenvalue weighted by Crippen LogP contribution is -2.14. The van der Waals surface area contributed by atoms with Gasteiger partial charge >= 0.3 is 0 Å². The van der Waals surface area contributed by atoms with Gasteiger partial charge in [0.15, 0.2) is 11.5 Å². The van der Waals surface area contributed by atoms with E-state index >= 15 is 0 Å². The molecule has 1 aromatic heterocycles. The van der Waals surface area contributed by atoms with E-state index in [0.29, 0.717) is 18.1 Å². The standard InChI is InChI=1S/C25H23N3O4.C3H8O2/c1-28-21-11-8-17(9-13-24(29)27-30)14-20(21)26-25(28)19-10-12-22(23(15-19)31-2)32-16-18-6-4-3-5-7-18;1-3(5)2-4/h3-15,30H,16H2,1-2H3,(H,27,29);3-5H,2H2,1H3/b13-9+;. The van der Waals surface area contributed by atoms with Gasteiger partial charge in [-0.3, -0.25) is 10.0 Å². The molecule has 4 rings (SSSR count). The number of amides is 1. The maximum absolute atomic E-state index is 11.2.